The van der Waals surface area contributed by atoms with Gasteiger partial charge in [0.05, 0.1) is 0 Å². The Morgan fingerprint density at radius 3 is 2.15 bits per heavy atom. The van der Waals surface area contributed by atoms with Crippen LogP contribution in [-0.2, 0) is 12.8 Å². The standard InChI is InChI=1S/C21H29N3.C2H6/c1-4-6-19-20(7-5-2)22-14-23-21(19)24-18-12-16-10-8-15(3)9-11-17(16)13-18;1-2/h8-11,14-15,18H,4-7,12-13H2,1-3H3,(H,22,23,24);1-2H3. The number of aromatic nitrogens is 2. The maximum absolute atomic E-state index is 4.57. The first-order chi connectivity index (χ1) is 12.7. The van der Waals surface area contributed by atoms with E-state index in [0.717, 1.165) is 44.3 Å². The van der Waals surface area contributed by atoms with Gasteiger partial charge in [0.1, 0.15) is 12.1 Å². The minimum atomic E-state index is 0.442. The van der Waals surface area contributed by atoms with Gasteiger partial charge < -0.3 is 5.32 Å². The van der Waals surface area contributed by atoms with Crippen LogP contribution in [-0.4, -0.2) is 16.0 Å². The van der Waals surface area contributed by atoms with Gasteiger partial charge in [0.25, 0.3) is 0 Å². The predicted molar refractivity (Wildman–Crippen MR) is 112 cm³/mol. The summed E-state index contributed by atoms with van der Waals surface area (Å²) in [6, 6.07) is 0.442. The van der Waals surface area contributed by atoms with Crippen LogP contribution >= 0.6 is 0 Å². The lowest BCUT2D eigenvalue weighted by molar-refractivity contribution is 0.749. The molecule has 0 unspecified atom stereocenters. The molecule has 0 spiro atoms. The number of nitrogens with zero attached hydrogens (tertiary/aromatic N) is 2. The highest BCUT2D eigenvalue weighted by Gasteiger charge is 2.24. The van der Waals surface area contributed by atoms with Crippen molar-refractivity contribution in [1.29, 1.82) is 0 Å². The summed E-state index contributed by atoms with van der Waals surface area (Å²) in [5.74, 6) is 1.59. The first-order valence-corrected chi connectivity index (χ1v) is 10.4. The van der Waals surface area contributed by atoms with Crippen LogP contribution in [0.5, 0.6) is 0 Å². The Balaban J connectivity index is 0.00000117. The summed E-state index contributed by atoms with van der Waals surface area (Å²) < 4.78 is 0. The van der Waals surface area contributed by atoms with Crippen LogP contribution in [0.25, 0.3) is 0 Å². The Morgan fingerprint density at radius 2 is 1.58 bits per heavy atom. The van der Waals surface area contributed by atoms with Crippen molar-refractivity contribution in [2.75, 3.05) is 5.32 Å². The maximum atomic E-state index is 4.57. The fraction of sp³-hybridized carbons (Fsp3) is 0.565. The molecule has 0 aromatic carbocycles. The van der Waals surface area contributed by atoms with Crippen LogP contribution in [0.15, 0.2) is 41.8 Å². The molecule has 2 aliphatic rings. The van der Waals surface area contributed by atoms with E-state index in [9.17, 15) is 0 Å². The second-order valence-corrected chi connectivity index (χ2v) is 7.02. The lowest BCUT2D eigenvalue weighted by Crippen LogP contribution is -2.19. The number of nitrogens with one attached hydrogen (secondary N) is 1. The Morgan fingerprint density at radius 1 is 0.962 bits per heavy atom. The third-order valence-corrected chi connectivity index (χ3v) is 4.91. The third kappa shape index (κ3) is 5.06. The Labute approximate surface area is 159 Å². The van der Waals surface area contributed by atoms with E-state index in [0.29, 0.717) is 12.0 Å². The number of aryl methyl sites for hydroxylation is 1. The van der Waals surface area contributed by atoms with E-state index in [1.807, 2.05) is 13.8 Å². The Bertz CT molecular complexity index is 644. The summed E-state index contributed by atoms with van der Waals surface area (Å²) in [5, 5.41) is 3.72. The molecule has 1 heterocycles. The second kappa shape index (κ2) is 10.3. The van der Waals surface area contributed by atoms with Crippen molar-refractivity contribution < 1.29 is 0 Å². The summed E-state index contributed by atoms with van der Waals surface area (Å²) in [5.41, 5.74) is 5.50. The first kappa shape index (κ1) is 20.4. The molecule has 142 valence electrons. The van der Waals surface area contributed by atoms with Crippen molar-refractivity contribution in [2.45, 2.75) is 79.2 Å². The van der Waals surface area contributed by atoms with Gasteiger partial charge in [0.2, 0.25) is 0 Å². The summed E-state index contributed by atoms with van der Waals surface area (Å²) in [6.07, 6.45) is 17.5. The average molecular weight is 354 g/mol. The molecule has 0 saturated heterocycles. The topological polar surface area (TPSA) is 37.8 Å². The molecule has 0 saturated carbocycles. The lowest BCUT2D eigenvalue weighted by atomic mass is 10.0. The molecular formula is C23H35N3. The molecule has 1 aromatic rings. The molecule has 3 nitrogen and oxygen atoms in total. The summed E-state index contributed by atoms with van der Waals surface area (Å²) in [7, 11) is 0. The van der Waals surface area contributed by atoms with Crippen LogP contribution in [0.3, 0.4) is 0 Å². The molecule has 0 atom stereocenters. The van der Waals surface area contributed by atoms with Crippen LogP contribution in [0.2, 0.25) is 0 Å². The SMILES string of the molecule is CC.CCCc1ncnc(NC2CC3=C(C=CC(C)C=C3)C2)c1CCC. The van der Waals surface area contributed by atoms with Crippen molar-refractivity contribution in [3.63, 3.8) is 0 Å². The van der Waals surface area contributed by atoms with Gasteiger partial charge in [0.15, 0.2) is 0 Å². The van der Waals surface area contributed by atoms with Crippen molar-refractivity contribution >= 4 is 5.82 Å². The van der Waals surface area contributed by atoms with Gasteiger partial charge in [-0.1, -0.05) is 71.8 Å². The highest BCUT2D eigenvalue weighted by atomic mass is 15.0. The second-order valence-electron chi connectivity index (χ2n) is 7.02. The van der Waals surface area contributed by atoms with E-state index < -0.39 is 0 Å². The molecule has 2 aliphatic carbocycles. The van der Waals surface area contributed by atoms with E-state index in [4.69, 9.17) is 0 Å². The smallest absolute Gasteiger partial charge is 0.133 e. The van der Waals surface area contributed by atoms with Crippen LogP contribution in [0.4, 0.5) is 5.82 Å². The zero-order valence-electron chi connectivity index (χ0n) is 17.2. The van der Waals surface area contributed by atoms with Gasteiger partial charge in [-0.2, -0.15) is 0 Å². The van der Waals surface area contributed by atoms with Crippen LogP contribution in [0, 0.1) is 5.92 Å². The summed E-state index contributed by atoms with van der Waals surface area (Å²) >= 11 is 0. The van der Waals surface area contributed by atoms with Crippen LogP contribution in [0.1, 0.15) is 71.6 Å². The summed E-state index contributed by atoms with van der Waals surface area (Å²) in [4.78, 5) is 9.11. The van der Waals surface area contributed by atoms with E-state index in [-0.39, 0.29) is 0 Å². The molecule has 1 N–H and O–H groups in total. The molecule has 3 rings (SSSR count). The predicted octanol–water partition coefficient (Wildman–Crippen LogP) is 6.04. The fourth-order valence-electron chi connectivity index (χ4n) is 3.65. The van der Waals surface area contributed by atoms with Crippen LogP contribution < -0.4 is 5.32 Å². The minimum absolute atomic E-state index is 0.442. The first-order valence-electron chi connectivity index (χ1n) is 10.4. The van der Waals surface area contributed by atoms with Crippen molar-refractivity contribution in [2.24, 2.45) is 5.92 Å². The van der Waals surface area contributed by atoms with E-state index in [1.165, 1.54) is 22.4 Å². The zero-order chi connectivity index (χ0) is 18.9. The van der Waals surface area contributed by atoms with Gasteiger partial charge in [-0.25, -0.2) is 9.97 Å². The number of hydrogen-bond donors (Lipinski definition) is 1. The number of anilines is 1. The molecule has 0 aliphatic heterocycles. The highest BCUT2D eigenvalue weighted by molar-refractivity contribution is 5.50. The monoisotopic (exact) mass is 353 g/mol. The highest BCUT2D eigenvalue weighted by Crippen LogP contribution is 2.33. The molecule has 1 aromatic heterocycles. The van der Waals surface area contributed by atoms with Crippen molar-refractivity contribution in [3.05, 3.63) is 53.0 Å². The van der Waals surface area contributed by atoms with Gasteiger partial charge in [-0.05, 0) is 42.7 Å². The molecule has 0 radical (unpaired) electrons. The van der Waals surface area contributed by atoms with Crippen molar-refractivity contribution in [1.82, 2.24) is 9.97 Å². The molecule has 26 heavy (non-hydrogen) atoms. The van der Waals surface area contributed by atoms with Crippen molar-refractivity contribution in [3.8, 4) is 0 Å². The van der Waals surface area contributed by atoms with E-state index in [2.05, 4.69) is 60.4 Å². The summed E-state index contributed by atoms with van der Waals surface area (Å²) in [6.45, 7) is 10.7. The van der Waals surface area contributed by atoms with E-state index >= 15 is 0 Å². The van der Waals surface area contributed by atoms with Gasteiger partial charge in [0, 0.05) is 17.3 Å². The maximum Gasteiger partial charge on any atom is 0.133 e. The van der Waals surface area contributed by atoms with E-state index in [1.54, 1.807) is 6.33 Å². The third-order valence-electron chi connectivity index (χ3n) is 4.91. The molecule has 0 fully saturated rings. The number of rotatable bonds is 6. The van der Waals surface area contributed by atoms with Gasteiger partial charge in [-0.15, -0.1) is 0 Å². The Hall–Kier alpha value is -1.90. The minimum Gasteiger partial charge on any atom is -0.366 e. The Kier molecular flexibility index (Phi) is 8.08. The number of hydrogen-bond acceptors (Lipinski definition) is 3. The van der Waals surface area contributed by atoms with Gasteiger partial charge in [-0.3, -0.25) is 0 Å². The quantitative estimate of drug-likeness (QED) is 0.677. The zero-order valence-corrected chi connectivity index (χ0v) is 17.2. The molecule has 0 amide bonds. The molecule has 3 heteroatoms. The lowest BCUT2D eigenvalue weighted by Gasteiger charge is -2.18. The average Bonchev–Trinajstić information content (AvgIpc) is 2.96. The van der Waals surface area contributed by atoms with Gasteiger partial charge >= 0.3 is 0 Å². The normalized spacial score (nSPS) is 17.0. The molecular weight excluding hydrogens is 318 g/mol. The molecule has 0 bridgehead atoms. The largest absolute Gasteiger partial charge is 0.366 e. The number of allylic oxidation sites excluding steroid dienone is 4. The fourth-order valence-corrected chi connectivity index (χ4v) is 3.65.